The molecule has 0 atom stereocenters. The Morgan fingerprint density at radius 3 is 2.54 bits per heavy atom. The van der Waals surface area contributed by atoms with E-state index in [-0.39, 0.29) is 17.7 Å². The number of nitrogens with one attached hydrogen (secondary N) is 2. The zero-order valence-electron chi connectivity index (χ0n) is 13.3. The molecular weight excluding hydrogens is 306 g/mol. The van der Waals surface area contributed by atoms with Crippen molar-refractivity contribution >= 4 is 34.2 Å². The maximum atomic E-state index is 12.3. The monoisotopic (exact) mass is 323 g/mol. The van der Waals surface area contributed by atoms with Crippen LogP contribution in [0.5, 0.6) is 0 Å². The topological polar surface area (TPSA) is 78.5 Å². The van der Waals surface area contributed by atoms with Crippen LogP contribution in [0.2, 0.25) is 0 Å². The molecule has 24 heavy (non-hydrogen) atoms. The molecule has 122 valence electrons. The van der Waals surface area contributed by atoms with Crippen molar-refractivity contribution in [3.8, 4) is 0 Å². The predicted molar refractivity (Wildman–Crippen MR) is 92.1 cm³/mol. The largest absolute Gasteiger partial charge is 0.383 e. The zero-order valence-corrected chi connectivity index (χ0v) is 13.3. The Morgan fingerprint density at radius 1 is 1.12 bits per heavy atom. The maximum absolute atomic E-state index is 12.3. The number of benzene rings is 2. The van der Waals surface area contributed by atoms with Gasteiger partial charge in [-0.15, -0.1) is 0 Å². The SMILES string of the molecule is C=CC(=O)NCCNc1ccc2c3c(cccc13)C(=O)N(C)C2=O. The molecule has 2 aromatic carbocycles. The Balaban J connectivity index is 1.93. The molecular formula is C18H17N3O3. The van der Waals surface area contributed by atoms with Crippen LogP contribution in [0, 0.1) is 0 Å². The van der Waals surface area contributed by atoms with Crippen LogP contribution in [0.15, 0.2) is 43.0 Å². The van der Waals surface area contributed by atoms with Crippen molar-refractivity contribution in [2.75, 3.05) is 25.5 Å². The number of carbonyl (C=O) groups excluding carboxylic acids is 3. The molecule has 1 aliphatic rings. The van der Waals surface area contributed by atoms with E-state index in [9.17, 15) is 14.4 Å². The van der Waals surface area contributed by atoms with Gasteiger partial charge < -0.3 is 10.6 Å². The quantitative estimate of drug-likeness (QED) is 0.499. The van der Waals surface area contributed by atoms with Gasteiger partial charge in [0.05, 0.1) is 0 Å². The van der Waals surface area contributed by atoms with Crippen molar-refractivity contribution in [3.63, 3.8) is 0 Å². The lowest BCUT2D eigenvalue weighted by Crippen LogP contribution is -2.37. The molecule has 0 spiro atoms. The Hall–Kier alpha value is -3.15. The molecule has 3 rings (SSSR count). The van der Waals surface area contributed by atoms with E-state index in [0.717, 1.165) is 16.0 Å². The standard InChI is InChI=1S/C18H17N3O3/c1-3-15(22)20-10-9-19-14-8-7-13-16-11(14)5-4-6-12(16)17(23)21(2)18(13)24/h3-8,19H,1,9-10H2,2H3,(H,20,22). The van der Waals surface area contributed by atoms with Crippen LogP contribution in [-0.4, -0.2) is 42.8 Å². The molecule has 1 heterocycles. The highest BCUT2D eigenvalue weighted by Crippen LogP contribution is 2.33. The van der Waals surface area contributed by atoms with Crippen molar-refractivity contribution < 1.29 is 14.4 Å². The zero-order chi connectivity index (χ0) is 17.3. The van der Waals surface area contributed by atoms with Gasteiger partial charge in [-0.1, -0.05) is 18.7 Å². The molecule has 0 bridgehead atoms. The van der Waals surface area contributed by atoms with E-state index in [2.05, 4.69) is 17.2 Å². The number of nitrogens with zero attached hydrogens (tertiary/aromatic N) is 1. The van der Waals surface area contributed by atoms with Gasteiger partial charge in [-0.25, -0.2) is 0 Å². The summed E-state index contributed by atoms with van der Waals surface area (Å²) in [6.45, 7) is 4.35. The first-order valence-corrected chi connectivity index (χ1v) is 7.57. The van der Waals surface area contributed by atoms with E-state index in [1.54, 1.807) is 18.2 Å². The fourth-order valence-electron chi connectivity index (χ4n) is 2.83. The first-order chi connectivity index (χ1) is 11.5. The summed E-state index contributed by atoms with van der Waals surface area (Å²) in [5.41, 5.74) is 1.86. The molecule has 0 aromatic heterocycles. The number of anilines is 1. The lowest BCUT2D eigenvalue weighted by molar-refractivity contribution is -0.116. The molecule has 3 amide bonds. The smallest absolute Gasteiger partial charge is 0.261 e. The minimum atomic E-state index is -0.298. The number of imide groups is 1. The second-order valence-electron chi connectivity index (χ2n) is 5.48. The van der Waals surface area contributed by atoms with Crippen LogP contribution in [0.25, 0.3) is 10.8 Å². The van der Waals surface area contributed by atoms with Crippen molar-refractivity contribution in [2.24, 2.45) is 0 Å². The first-order valence-electron chi connectivity index (χ1n) is 7.57. The van der Waals surface area contributed by atoms with Crippen LogP contribution in [-0.2, 0) is 4.79 Å². The first kappa shape index (κ1) is 15.7. The molecule has 6 nitrogen and oxygen atoms in total. The van der Waals surface area contributed by atoms with E-state index >= 15 is 0 Å². The molecule has 0 saturated carbocycles. The second kappa shape index (κ2) is 6.16. The van der Waals surface area contributed by atoms with Crippen LogP contribution < -0.4 is 10.6 Å². The van der Waals surface area contributed by atoms with Gasteiger partial charge in [0.2, 0.25) is 5.91 Å². The number of rotatable bonds is 5. The lowest BCUT2D eigenvalue weighted by Gasteiger charge is -2.24. The summed E-state index contributed by atoms with van der Waals surface area (Å²) in [5, 5.41) is 7.39. The fourth-order valence-corrected chi connectivity index (χ4v) is 2.83. The van der Waals surface area contributed by atoms with Crippen molar-refractivity contribution in [2.45, 2.75) is 0 Å². The van der Waals surface area contributed by atoms with E-state index in [4.69, 9.17) is 0 Å². The molecule has 1 aliphatic heterocycles. The van der Waals surface area contributed by atoms with Crippen molar-refractivity contribution in [3.05, 3.63) is 54.1 Å². The van der Waals surface area contributed by atoms with Gasteiger partial charge in [0.15, 0.2) is 0 Å². The fraction of sp³-hybridized carbons (Fsp3) is 0.167. The number of amides is 3. The third kappa shape index (κ3) is 2.52. The minimum absolute atomic E-state index is 0.229. The molecule has 0 radical (unpaired) electrons. The minimum Gasteiger partial charge on any atom is -0.383 e. The summed E-state index contributed by atoms with van der Waals surface area (Å²) in [6, 6.07) is 8.94. The predicted octanol–water partition coefficient (Wildman–Crippen LogP) is 1.78. The van der Waals surface area contributed by atoms with E-state index in [1.165, 1.54) is 13.1 Å². The summed E-state index contributed by atoms with van der Waals surface area (Å²) in [5.74, 6) is -0.824. The molecule has 0 saturated heterocycles. The molecule has 2 N–H and O–H groups in total. The Kier molecular flexibility index (Phi) is 4.04. The van der Waals surface area contributed by atoms with Crippen LogP contribution in [0.4, 0.5) is 5.69 Å². The van der Waals surface area contributed by atoms with Gasteiger partial charge in [0.1, 0.15) is 0 Å². The lowest BCUT2D eigenvalue weighted by atomic mass is 9.93. The molecule has 0 unspecified atom stereocenters. The van der Waals surface area contributed by atoms with Gasteiger partial charge in [-0.05, 0) is 24.3 Å². The van der Waals surface area contributed by atoms with Crippen molar-refractivity contribution in [1.82, 2.24) is 10.2 Å². The van der Waals surface area contributed by atoms with Crippen LogP contribution >= 0.6 is 0 Å². The number of hydrogen-bond donors (Lipinski definition) is 2. The van der Waals surface area contributed by atoms with E-state index < -0.39 is 0 Å². The summed E-state index contributed by atoms with van der Waals surface area (Å²) in [7, 11) is 1.49. The van der Waals surface area contributed by atoms with Crippen LogP contribution in [0.1, 0.15) is 20.7 Å². The Bertz CT molecular complexity index is 851. The molecule has 2 aromatic rings. The summed E-state index contributed by atoms with van der Waals surface area (Å²) < 4.78 is 0. The average molecular weight is 323 g/mol. The highest BCUT2D eigenvalue weighted by molar-refractivity contribution is 6.26. The summed E-state index contributed by atoms with van der Waals surface area (Å²) in [6.07, 6.45) is 1.22. The molecule has 0 aliphatic carbocycles. The third-order valence-corrected chi connectivity index (χ3v) is 4.04. The van der Waals surface area contributed by atoms with Gasteiger partial charge in [0, 0.05) is 47.7 Å². The second-order valence-corrected chi connectivity index (χ2v) is 5.48. The number of carbonyl (C=O) groups is 3. The maximum Gasteiger partial charge on any atom is 0.261 e. The van der Waals surface area contributed by atoms with E-state index in [1.807, 2.05) is 12.1 Å². The molecule has 0 fully saturated rings. The Morgan fingerprint density at radius 2 is 1.83 bits per heavy atom. The van der Waals surface area contributed by atoms with Gasteiger partial charge in [-0.2, -0.15) is 0 Å². The van der Waals surface area contributed by atoms with Gasteiger partial charge in [-0.3, -0.25) is 19.3 Å². The number of hydrogen-bond acceptors (Lipinski definition) is 4. The van der Waals surface area contributed by atoms with Crippen molar-refractivity contribution in [1.29, 1.82) is 0 Å². The Labute approximate surface area is 139 Å². The molecule has 6 heteroatoms. The highest BCUT2D eigenvalue weighted by atomic mass is 16.2. The van der Waals surface area contributed by atoms with Gasteiger partial charge >= 0.3 is 0 Å². The highest BCUT2D eigenvalue weighted by Gasteiger charge is 2.30. The van der Waals surface area contributed by atoms with E-state index in [0.29, 0.717) is 29.6 Å². The normalized spacial score (nSPS) is 13.1. The summed E-state index contributed by atoms with van der Waals surface area (Å²) in [4.78, 5) is 36.9. The average Bonchev–Trinajstić information content (AvgIpc) is 2.61. The summed E-state index contributed by atoms with van der Waals surface area (Å²) >= 11 is 0. The van der Waals surface area contributed by atoms with Crippen LogP contribution in [0.3, 0.4) is 0 Å². The van der Waals surface area contributed by atoms with Gasteiger partial charge in [0.25, 0.3) is 11.8 Å². The third-order valence-electron chi connectivity index (χ3n) is 4.04.